The molecule has 0 radical (unpaired) electrons. The molecule has 1 aliphatic heterocycles. The van der Waals surface area contributed by atoms with Gasteiger partial charge in [-0.25, -0.2) is 0 Å². The van der Waals surface area contributed by atoms with Crippen LogP contribution in [0.4, 0.5) is 5.69 Å². The molecule has 0 aromatic heterocycles. The highest BCUT2D eigenvalue weighted by molar-refractivity contribution is 7.80. The molecule has 0 bridgehead atoms. The van der Waals surface area contributed by atoms with E-state index in [-0.39, 0.29) is 17.3 Å². The lowest BCUT2D eigenvalue weighted by Crippen LogP contribution is -2.54. The van der Waals surface area contributed by atoms with Gasteiger partial charge in [-0.05, 0) is 77.4 Å². The average molecular weight is 547 g/mol. The maximum atomic E-state index is 13.6. The van der Waals surface area contributed by atoms with E-state index in [1.807, 2.05) is 55.5 Å². The molecule has 2 amide bonds. The Balaban J connectivity index is 1.58. The Kier molecular flexibility index (Phi) is 6.98. The molecule has 184 valence electrons. The Morgan fingerprint density at radius 2 is 1.73 bits per heavy atom. The quantitative estimate of drug-likeness (QED) is 0.168. The normalized spacial score (nSPS) is 14.8. The first-order chi connectivity index (χ1) is 17.8. The third kappa shape index (κ3) is 5.09. The van der Waals surface area contributed by atoms with Crippen molar-refractivity contribution in [3.8, 4) is 5.75 Å². The Labute approximate surface area is 229 Å². The van der Waals surface area contributed by atoms with Gasteiger partial charge in [-0.15, -0.1) is 0 Å². The van der Waals surface area contributed by atoms with Gasteiger partial charge in [0.1, 0.15) is 17.9 Å². The number of hydrogen-bond donors (Lipinski definition) is 1. The number of carbonyl (C=O) groups excluding carboxylic acids is 2. The van der Waals surface area contributed by atoms with Gasteiger partial charge in [0.25, 0.3) is 11.8 Å². The molecule has 1 fully saturated rings. The fourth-order valence-corrected chi connectivity index (χ4v) is 4.63. The van der Waals surface area contributed by atoms with Gasteiger partial charge in [-0.3, -0.25) is 19.8 Å². The second-order valence-corrected chi connectivity index (χ2v) is 9.74. The van der Waals surface area contributed by atoms with Crippen molar-refractivity contribution in [1.82, 2.24) is 5.32 Å². The highest BCUT2D eigenvalue weighted by Gasteiger charge is 2.35. The summed E-state index contributed by atoms with van der Waals surface area (Å²) in [5.41, 5.74) is 2.79. The van der Waals surface area contributed by atoms with Crippen LogP contribution in [-0.2, 0) is 16.2 Å². The zero-order chi connectivity index (χ0) is 26.1. The Morgan fingerprint density at radius 1 is 0.973 bits per heavy atom. The number of rotatable bonds is 5. The molecule has 4 aromatic rings. The van der Waals surface area contributed by atoms with Crippen molar-refractivity contribution in [3.63, 3.8) is 0 Å². The van der Waals surface area contributed by atoms with Crippen molar-refractivity contribution >= 4 is 74.9 Å². The van der Waals surface area contributed by atoms with Gasteiger partial charge in [0.2, 0.25) is 0 Å². The van der Waals surface area contributed by atoms with Crippen LogP contribution >= 0.6 is 35.4 Å². The number of nitrogens with one attached hydrogen (secondary N) is 1. The fraction of sp³-hybridized carbons (Fsp3) is 0.0690. The van der Waals surface area contributed by atoms with Crippen LogP contribution in [0, 0.1) is 6.92 Å². The number of halogens is 2. The van der Waals surface area contributed by atoms with E-state index in [2.05, 4.69) is 5.32 Å². The molecular weight excluding hydrogens is 527 g/mol. The van der Waals surface area contributed by atoms with Gasteiger partial charge in [-0.2, -0.15) is 0 Å². The second-order valence-electron chi connectivity index (χ2n) is 8.50. The first-order valence-corrected chi connectivity index (χ1v) is 12.5. The summed E-state index contributed by atoms with van der Waals surface area (Å²) in [6.45, 7) is 2.14. The lowest BCUT2D eigenvalue weighted by molar-refractivity contribution is -0.122. The molecule has 1 N–H and O–H groups in total. The summed E-state index contributed by atoms with van der Waals surface area (Å²) in [7, 11) is 0. The Morgan fingerprint density at radius 3 is 2.49 bits per heavy atom. The Bertz CT molecular complexity index is 1600. The topological polar surface area (TPSA) is 58.6 Å². The summed E-state index contributed by atoms with van der Waals surface area (Å²) in [6, 6.07) is 24.0. The molecule has 5 nitrogen and oxygen atoms in total. The molecular formula is C29H20Cl2N2O3S. The van der Waals surface area contributed by atoms with Crippen LogP contribution in [0.5, 0.6) is 5.75 Å². The number of benzene rings is 4. The molecule has 5 rings (SSSR count). The zero-order valence-corrected chi connectivity index (χ0v) is 22.0. The summed E-state index contributed by atoms with van der Waals surface area (Å²) >= 11 is 17.6. The number of ether oxygens (including phenoxy) is 1. The van der Waals surface area contributed by atoms with Gasteiger partial charge in [-0.1, -0.05) is 71.7 Å². The molecule has 37 heavy (non-hydrogen) atoms. The highest BCUT2D eigenvalue weighted by atomic mass is 35.5. The minimum absolute atomic E-state index is 0.01000. The number of fused-ring (bicyclic) bond motifs is 1. The number of amides is 2. The average Bonchev–Trinajstić information content (AvgIpc) is 2.88. The SMILES string of the molecule is Cc1ccc(N2C(=O)/C(=C/c3c(OCc4ccc(Cl)cc4)ccc4ccccc34)C(=O)NC2=S)cc1Cl. The zero-order valence-electron chi connectivity index (χ0n) is 19.6. The molecule has 0 unspecified atom stereocenters. The third-order valence-electron chi connectivity index (χ3n) is 6.04. The van der Waals surface area contributed by atoms with Crippen molar-refractivity contribution < 1.29 is 14.3 Å². The number of thiocarbonyl (C=S) groups is 1. The van der Waals surface area contributed by atoms with E-state index in [1.54, 1.807) is 36.4 Å². The molecule has 0 saturated carbocycles. The molecule has 4 aromatic carbocycles. The molecule has 1 saturated heterocycles. The minimum Gasteiger partial charge on any atom is -0.488 e. The van der Waals surface area contributed by atoms with E-state index in [1.165, 1.54) is 4.90 Å². The number of hydrogen-bond acceptors (Lipinski definition) is 4. The van der Waals surface area contributed by atoms with E-state index in [4.69, 9.17) is 40.2 Å². The molecule has 1 heterocycles. The smallest absolute Gasteiger partial charge is 0.270 e. The maximum Gasteiger partial charge on any atom is 0.270 e. The molecule has 0 atom stereocenters. The predicted octanol–water partition coefficient (Wildman–Crippen LogP) is 6.87. The van der Waals surface area contributed by atoms with Crippen molar-refractivity contribution in [2.75, 3.05) is 4.90 Å². The van der Waals surface area contributed by atoms with Crippen molar-refractivity contribution in [2.24, 2.45) is 0 Å². The van der Waals surface area contributed by atoms with E-state index in [0.717, 1.165) is 21.9 Å². The third-order valence-corrected chi connectivity index (χ3v) is 6.99. The summed E-state index contributed by atoms with van der Waals surface area (Å²) in [5.74, 6) is -0.605. The van der Waals surface area contributed by atoms with E-state index in [9.17, 15) is 9.59 Å². The van der Waals surface area contributed by atoms with Gasteiger partial charge >= 0.3 is 0 Å². The van der Waals surface area contributed by atoms with Gasteiger partial charge in [0.15, 0.2) is 5.11 Å². The maximum absolute atomic E-state index is 13.6. The van der Waals surface area contributed by atoms with Crippen LogP contribution in [-0.4, -0.2) is 16.9 Å². The summed E-state index contributed by atoms with van der Waals surface area (Å²) in [6.07, 6.45) is 1.56. The number of anilines is 1. The van der Waals surface area contributed by atoms with Crippen LogP contribution in [0.1, 0.15) is 16.7 Å². The lowest BCUT2D eigenvalue weighted by atomic mass is 9.99. The van der Waals surface area contributed by atoms with Crippen LogP contribution in [0.25, 0.3) is 16.8 Å². The van der Waals surface area contributed by atoms with E-state index in [0.29, 0.717) is 27.0 Å². The van der Waals surface area contributed by atoms with Crippen LogP contribution in [0.2, 0.25) is 10.0 Å². The lowest BCUT2D eigenvalue weighted by Gasteiger charge is -2.29. The second kappa shape index (κ2) is 10.3. The predicted molar refractivity (Wildman–Crippen MR) is 152 cm³/mol. The van der Waals surface area contributed by atoms with Crippen LogP contribution < -0.4 is 15.0 Å². The van der Waals surface area contributed by atoms with Gasteiger partial charge in [0, 0.05) is 15.6 Å². The summed E-state index contributed by atoms with van der Waals surface area (Å²) < 4.78 is 6.16. The Hall–Kier alpha value is -3.71. The summed E-state index contributed by atoms with van der Waals surface area (Å²) in [4.78, 5) is 27.9. The molecule has 0 spiro atoms. The number of aryl methyl sites for hydroxylation is 1. The standard InChI is InChI=1S/C29H20Cl2N2O3S/c1-17-6-12-21(14-25(17)31)33-28(35)24(27(34)32-29(33)37)15-23-22-5-3-2-4-19(22)9-13-26(23)36-16-18-7-10-20(30)11-8-18/h2-15H,16H2,1H3,(H,32,34,37)/b24-15+. The molecule has 8 heteroatoms. The molecule has 0 aliphatic carbocycles. The fourth-order valence-electron chi connectivity index (χ4n) is 4.05. The minimum atomic E-state index is -0.582. The first-order valence-electron chi connectivity index (χ1n) is 11.4. The number of nitrogens with zero attached hydrogens (tertiary/aromatic N) is 1. The van der Waals surface area contributed by atoms with Gasteiger partial charge in [0.05, 0.1) is 5.69 Å². The number of carbonyl (C=O) groups is 2. The molecule has 1 aliphatic rings. The monoisotopic (exact) mass is 546 g/mol. The van der Waals surface area contributed by atoms with Crippen molar-refractivity contribution in [1.29, 1.82) is 0 Å². The van der Waals surface area contributed by atoms with E-state index >= 15 is 0 Å². The largest absolute Gasteiger partial charge is 0.488 e. The van der Waals surface area contributed by atoms with Gasteiger partial charge < -0.3 is 4.74 Å². The van der Waals surface area contributed by atoms with Crippen LogP contribution in [0.3, 0.4) is 0 Å². The van der Waals surface area contributed by atoms with E-state index < -0.39 is 11.8 Å². The summed E-state index contributed by atoms with van der Waals surface area (Å²) in [5, 5.41) is 5.52. The van der Waals surface area contributed by atoms with Crippen molar-refractivity contribution in [2.45, 2.75) is 13.5 Å². The first kappa shape index (κ1) is 25.0. The van der Waals surface area contributed by atoms with Crippen molar-refractivity contribution in [3.05, 3.63) is 111 Å². The highest BCUT2D eigenvalue weighted by Crippen LogP contribution is 2.33. The van der Waals surface area contributed by atoms with Crippen LogP contribution in [0.15, 0.2) is 84.4 Å².